The first-order chi connectivity index (χ1) is 7.53. The van der Waals surface area contributed by atoms with Crippen LogP contribution in [-0.4, -0.2) is 26.0 Å². The molecule has 0 bridgehead atoms. The van der Waals surface area contributed by atoms with Crippen molar-refractivity contribution < 1.29 is 8.42 Å². The molecule has 0 saturated heterocycles. The highest BCUT2D eigenvalue weighted by molar-refractivity contribution is 8.00. The van der Waals surface area contributed by atoms with Crippen molar-refractivity contribution >= 4 is 21.8 Å². The van der Waals surface area contributed by atoms with Gasteiger partial charge in [-0.3, -0.25) is 0 Å². The van der Waals surface area contributed by atoms with Crippen molar-refractivity contribution in [2.24, 2.45) is 0 Å². The highest BCUT2D eigenvalue weighted by Gasteiger charge is 2.09. The molecule has 0 radical (unpaired) electrons. The highest BCUT2D eigenvalue weighted by atomic mass is 32.2. The molecule has 1 aromatic rings. The lowest BCUT2D eigenvalue weighted by atomic mass is 10.4. The van der Waals surface area contributed by atoms with Gasteiger partial charge in [0.2, 0.25) is 10.0 Å². The smallest absolute Gasteiger partial charge is 0.211 e. The van der Waals surface area contributed by atoms with Crippen LogP contribution in [0.3, 0.4) is 0 Å². The van der Waals surface area contributed by atoms with Crippen LogP contribution < -0.4 is 4.72 Å². The van der Waals surface area contributed by atoms with Crippen LogP contribution in [0.2, 0.25) is 0 Å². The molecule has 0 saturated carbocycles. The maximum absolute atomic E-state index is 11.2. The fourth-order valence-corrected chi connectivity index (χ4v) is 2.88. The van der Waals surface area contributed by atoms with Crippen LogP contribution in [0, 0.1) is 0 Å². The summed E-state index contributed by atoms with van der Waals surface area (Å²) in [7, 11) is -3.07. The van der Waals surface area contributed by atoms with Crippen molar-refractivity contribution in [3.63, 3.8) is 0 Å². The molecular weight excluding hydrogens is 242 g/mol. The molecule has 1 N–H and O–H groups in total. The van der Waals surface area contributed by atoms with Gasteiger partial charge in [0, 0.05) is 16.7 Å². The summed E-state index contributed by atoms with van der Waals surface area (Å²) in [6, 6.07) is 9.97. The second kappa shape index (κ2) is 6.27. The van der Waals surface area contributed by atoms with E-state index in [0.717, 1.165) is 4.90 Å². The summed E-state index contributed by atoms with van der Waals surface area (Å²) < 4.78 is 25.1. The minimum atomic E-state index is -3.07. The molecule has 0 aliphatic heterocycles. The molecule has 1 atom stereocenters. The molecule has 1 aromatic carbocycles. The molecule has 0 aliphatic rings. The summed E-state index contributed by atoms with van der Waals surface area (Å²) in [5.41, 5.74) is 0. The lowest BCUT2D eigenvalue weighted by Crippen LogP contribution is -2.30. The minimum absolute atomic E-state index is 0.135. The Bertz CT molecular complexity index is 403. The molecular formula is C11H17NO2S2. The number of benzene rings is 1. The van der Waals surface area contributed by atoms with Crippen LogP contribution in [0.1, 0.15) is 13.8 Å². The van der Waals surface area contributed by atoms with E-state index >= 15 is 0 Å². The number of hydrogen-bond donors (Lipinski definition) is 1. The molecule has 0 aliphatic carbocycles. The summed E-state index contributed by atoms with van der Waals surface area (Å²) in [6.45, 7) is 4.11. The summed E-state index contributed by atoms with van der Waals surface area (Å²) in [5.74, 6) is 0.135. The monoisotopic (exact) mass is 259 g/mol. The van der Waals surface area contributed by atoms with Gasteiger partial charge in [-0.1, -0.05) is 25.1 Å². The van der Waals surface area contributed by atoms with Gasteiger partial charge in [-0.05, 0) is 19.1 Å². The molecule has 5 heteroatoms. The maximum Gasteiger partial charge on any atom is 0.211 e. The zero-order valence-electron chi connectivity index (χ0n) is 9.51. The first-order valence-electron chi connectivity index (χ1n) is 5.22. The maximum atomic E-state index is 11.2. The van der Waals surface area contributed by atoms with Crippen molar-refractivity contribution in [1.82, 2.24) is 4.72 Å². The van der Waals surface area contributed by atoms with Gasteiger partial charge in [0.15, 0.2) is 0 Å². The standard InChI is InChI=1S/C11H17NO2S2/c1-3-16(13,14)12-9-10(2)15-11-7-5-4-6-8-11/h4-8,10,12H,3,9H2,1-2H3. The zero-order chi connectivity index (χ0) is 12.0. The summed E-state index contributed by atoms with van der Waals surface area (Å²) in [4.78, 5) is 1.16. The summed E-state index contributed by atoms with van der Waals surface area (Å²) >= 11 is 1.67. The van der Waals surface area contributed by atoms with Crippen molar-refractivity contribution in [2.45, 2.75) is 24.0 Å². The van der Waals surface area contributed by atoms with Crippen LogP contribution in [0.4, 0.5) is 0 Å². The van der Waals surface area contributed by atoms with Crippen LogP contribution >= 0.6 is 11.8 Å². The fraction of sp³-hybridized carbons (Fsp3) is 0.455. The Morgan fingerprint density at radius 3 is 2.50 bits per heavy atom. The lowest BCUT2D eigenvalue weighted by molar-refractivity contribution is 0.582. The van der Waals surface area contributed by atoms with E-state index in [-0.39, 0.29) is 11.0 Å². The normalized spacial score (nSPS) is 13.6. The zero-order valence-corrected chi connectivity index (χ0v) is 11.1. The van der Waals surface area contributed by atoms with Crippen LogP contribution in [0.25, 0.3) is 0 Å². The largest absolute Gasteiger partial charge is 0.214 e. The molecule has 0 heterocycles. The average Bonchev–Trinajstić information content (AvgIpc) is 2.28. The fourth-order valence-electron chi connectivity index (χ4n) is 1.12. The Balaban J connectivity index is 2.40. The highest BCUT2D eigenvalue weighted by Crippen LogP contribution is 2.21. The van der Waals surface area contributed by atoms with Crippen molar-refractivity contribution in [3.05, 3.63) is 30.3 Å². The molecule has 90 valence electrons. The number of sulfonamides is 1. The van der Waals surface area contributed by atoms with Crippen molar-refractivity contribution in [3.8, 4) is 0 Å². The molecule has 16 heavy (non-hydrogen) atoms. The van der Waals surface area contributed by atoms with Gasteiger partial charge in [-0.15, -0.1) is 11.8 Å². The number of nitrogens with one attached hydrogen (secondary N) is 1. The van der Waals surface area contributed by atoms with Crippen molar-refractivity contribution in [2.75, 3.05) is 12.3 Å². The van der Waals surface area contributed by atoms with Crippen LogP contribution in [0.15, 0.2) is 35.2 Å². The third-order valence-electron chi connectivity index (χ3n) is 2.05. The van der Waals surface area contributed by atoms with E-state index in [2.05, 4.69) is 4.72 Å². The van der Waals surface area contributed by atoms with E-state index in [0.29, 0.717) is 6.54 Å². The van der Waals surface area contributed by atoms with E-state index in [4.69, 9.17) is 0 Å². The SMILES string of the molecule is CCS(=O)(=O)NCC(C)Sc1ccccc1. The van der Waals surface area contributed by atoms with Crippen molar-refractivity contribution in [1.29, 1.82) is 0 Å². The second-order valence-corrected chi connectivity index (χ2v) is 7.10. The van der Waals surface area contributed by atoms with E-state index in [1.54, 1.807) is 18.7 Å². The van der Waals surface area contributed by atoms with E-state index < -0.39 is 10.0 Å². The Kier molecular flexibility index (Phi) is 5.31. The molecule has 0 spiro atoms. The third-order valence-corrected chi connectivity index (χ3v) is 4.53. The Labute approximate surface area is 102 Å². The summed E-state index contributed by atoms with van der Waals surface area (Å²) in [5, 5.41) is 0.226. The Morgan fingerprint density at radius 2 is 1.94 bits per heavy atom. The third kappa shape index (κ3) is 5.01. The lowest BCUT2D eigenvalue weighted by Gasteiger charge is -2.11. The van der Waals surface area contributed by atoms with Gasteiger partial charge in [0.25, 0.3) is 0 Å². The molecule has 1 rings (SSSR count). The summed E-state index contributed by atoms with van der Waals surface area (Å²) in [6.07, 6.45) is 0. The van der Waals surface area contributed by atoms with E-state index in [9.17, 15) is 8.42 Å². The molecule has 0 amide bonds. The predicted octanol–water partition coefficient (Wildman–Crippen LogP) is 2.11. The van der Waals surface area contributed by atoms with Crippen LogP contribution in [0.5, 0.6) is 0 Å². The predicted molar refractivity (Wildman–Crippen MR) is 69.2 cm³/mol. The van der Waals surface area contributed by atoms with Crippen LogP contribution in [-0.2, 0) is 10.0 Å². The molecule has 1 unspecified atom stereocenters. The minimum Gasteiger partial charge on any atom is -0.214 e. The van der Waals surface area contributed by atoms with Gasteiger partial charge in [0.05, 0.1) is 5.75 Å². The van der Waals surface area contributed by atoms with Gasteiger partial charge >= 0.3 is 0 Å². The first-order valence-corrected chi connectivity index (χ1v) is 7.75. The first kappa shape index (κ1) is 13.5. The van der Waals surface area contributed by atoms with Gasteiger partial charge < -0.3 is 0 Å². The second-order valence-electron chi connectivity index (χ2n) is 3.49. The topological polar surface area (TPSA) is 46.2 Å². The molecule has 0 aromatic heterocycles. The van der Waals surface area contributed by atoms with E-state index in [1.165, 1.54) is 0 Å². The Hall–Kier alpha value is -0.520. The average molecular weight is 259 g/mol. The number of thioether (sulfide) groups is 1. The van der Waals surface area contributed by atoms with Gasteiger partial charge in [0.1, 0.15) is 0 Å². The Morgan fingerprint density at radius 1 is 1.31 bits per heavy atom. The number of rotatable bonds is 6. The quantitative estimate of drug-likeness (QED) is 0.796. The molecule has 3 nitrogen and oxygen atoms in total. The molecule has 0 fully saturated rings. The van der Waals surface area contributed by atoms with Gasteiger partial charge in [-0.2, -0.15) is 0 Å². The van der Waals surface area contributed by atoms with Gasteiger partial charge in [-0.25, -0.2) is 13.1 Å². The van der Waals surface area contributed by atoms with E-state index in [1.807, 2.05) is 37.3 Å². The number of hydrogen-bond acceptors (Lipinski definition) is 3.